The van der Waals surface area contributed by atoms with Crippen LogP contribution in [0.3, 0.4) is 0 Å². The van der Waals surface area contributed by atoms with Gasteiger partial charge in [0.15, 0.2) is 4.88 Å². The number of ether oxygens (including phenoxy) is 3. The van der Waals surface area contributed by atoms with Crippen molar-refractivity contribution in [2.24, 2.45) is 0 Å². The molecule has 0 spiro atoms. The molecule has 0 aromatic carbocycles. The molecule has 0 unspecified atom stereocenters. The fourth-order valence-electron chi connectivity index (χ4n) is 1.20. The van der Waals surface area contributed by atoms with E-state index in [2.05, 4.69) is 4.74 Å². The Morgan fingerprint density at radius 3 is 3.00 bits per heavy atom. The fourth-order valence-corrected chi connectivity index (χ4v) is 2.07. The second-order valence-corrected chi connectivity index (χ2v) is 4.17. The second-order valence-electron chi connectivity index (χ2n) is 3.29. The summed E-state index contributed by atoms with van der Waals surface area (Å²) in [5.74, 6) is -0.657. The van der Waals surface area contributed by atoms with Gasteiger partial charge in [0.2, 0.25) is 5.75 Å². The first kappa shape index (κ1) is 11.8. The van der Waals surface area contributed by atoms with Crippen LogP contribution in [-0.2, 0) is 9.47 Å². The molecule has 1 atom stereocenters. The maximum Gasteiger partial charge on any atom is 0.355 e. The van der Waals surface area contributed by atoms with Gasteiger partial charge in [-0.05, 0) is 0 Å². The third-order valence-corrected chi connectivity index (χ3v) is 3.04. The summed E-state index contributed by atoms with van der Waals surface area (Å²) in [7, 11) is 1.17. The van der Waals surface area contributed by atoms with Crippen molar-refractivity contribution < 1.29 is 23.9 Å². The summed E-state index contributed by atoms with van der Waals surface area (Å²) in [6, 6.07) is 0. The van der Waals surface area contributed by atoms with Crippen LogP contribution in [0.15, 0.2) is 5.38 Å². The van der Waals surface area contributed by atoms with E-state index in [0.717, 1.165) is 11.3 Å². The lowest BCUT2D eigenvalue weighted by atomic mass is 10.3. The van der Waals surface area contributed by atoms with Gasteiger partial charge in [0.1, 0.15) is 12.7 Å². The number of epoxide rings is 1. The molecule has 1 fully saturated rings. The van der Waals surface area contributed by atoms with Gasteiger partial charge < -0.3 is 14.2 Å². The zero-order valence-electron chi connectivity index (χ0n) is 8.87. The Morgan fingerprint density at radius 2 is 2.47 bits per heavy atom. The number of nitrogens with zero attached hydrogens (tertiary/aromatic N) is 1. The van der Waals surface area contributed by atoms with Crippen LogP contribution >= 0.6 is 11.3 Å². The maximum absolute atomic E-state index is 11.3. The van der Waals surface area contributed by atoms with Gasteiger partial charge in [0.05, 0.1) is 18.6 Å². The highest BCUT2D eigenvalue weighted by molar-refractivity contribution is 7.12. The van der Waals surface area contributed by atoms with Gasteiger partial charge in [-0.3, -0.25) is 10.1 Å². The molecule has 1 aliphatic rings. The summed E-state index contributed by atoms with van der Waals surface area (Å²) < 4.78 is 14.6. The topological polar surface area (TPSA) is 91.2 Å². The van der Waals surface area contributed by atoms with E-state index in [1.165, 1.54) is 12.5 Å². The van der Waals surface area contributed by atoms with Crippen LogP contribution in [0, 0.1) is 10.1 Å². The van der Waals surface area contributed by atoms with Crippen molar-refractivity contribution in [3.63, 3.8) is 0 Å². The number of methoxy groups -OCH3 is 1. The molecule has 0 bridgehead atoms. The highest BCUT2D eigenvalue weighted by Gasteiger charge is 2.31. The van der Waals surface area contributed by atoms with Gasteiger partial charge in [-0.15, -0.1) is 11.3 Å². The van der Waals surface area contributed by atoms with Crippen LogP contribution in [0.25, 0.3) is 0 Å². The molecule has 8 heteroatoms. The van der Waals surface area contributed by atoms with E-state index in [1.54, 1.807) is 0 Å². The zero-order chi connectivity index (χ0) is 12.4. The first-order valence-electron chi connectivity index (χ1n) is 4.72. The van der Waals surface area contributed by atoms with Crippen molar-refractivity contribution in [2.45, 2.75) is 6.10 Å². The Kier molecular flexibility index (Phi) is 3.25. The van der Waals surface area contributed by atoms with Gasteiger partial charge in [0.25, 0.3) is 0 Å². The molecule has 2 heterocycles. The number of hydrogen-bond acceptors (Lipinski definition) is 7. The monoisotopic (exact) mass is 259 g/mol. The number of thiophene rings is 1. The minimum absolute atomic E-state index is 0.00363. The molecule has 0 aliphatic carbocycles. The molecule has 1 aliphatic heterocycles. The highest BCUT2D eigenvalue weighted by Crippen LogP contribution is 2.37. The second kappa shape index (κ2) is 4.68. The van der Waals surface area contributed by atoms with Gasteiger partial charge in [-0.1, -0.05) is 0 Å². The Morgan fingerprint density at radius 1 is 1.76 bits per heavy atom. The lowest BCUT2D eigenvalue weighted by Gasteiger charge is -2.01. The Hall–Kier alpha value is -1.67. The van der Waals surface area contributed by atoms with Crippen molar-refractivity contribution >= 4 is 23.0 Å². The molecule has 1 saturated heterocycles. The molecular formula is C9H9NO6S. The van der Waals surface area contributed by atoms with E-state index in [1.807, 2.05) is 0 Å². The van der Waals surface area contributed by atoms with E-state index < -0.39 is 10.9 Å². The molecule has 1 aromatic heterocycles. The van der Waals surface area contributed by atoms with Gasteiger partial charge in [-0.2, -0.15) is 0 Å². The van der Waals surface area contributed by atoms with Crippen molar-refractivity contribution in [3.05, 3.63) is 20.4 Å². The lowest BCUT2D eigenvalue weighted by molar-refractivity contribution is -0.385. The number of nitro groups is 1. The van der Waals surface area contributed by atoms with E-state index in [-0.39, 0.29) is 29.0 Å². The van der Waals surface area contributed by atoms with E-state index in [0.29, 0.717) is 6.61 Å². The molecule has 1 aromatic rings. The van der Waals surface area contributed by atoms with Crippen molar-refractivity contribution in [1.29, 1.82) is 0 Å². The van der Waals surface area contributed by atoms with Crippen LogP contribution in [0.5, 0.6) is 5.75 Å². The lowest BCUT2D eigenvalue weighted by Crippen LogP contribution is -2.06. The SMILES string of the molecule is COC(=O)c1scc(OC[C@H]2CO2)c1[N+](=O)[O-]. The van der Waals surface area contributed by atoms with Gasteiger partial charge >= 0.3 is 11.7 Å². The summed E-state index contributed by atoms with van der Waals surface area (Å²) in [6.45, 7) is 0.847. The van der Waals surface area contributed by atoms with Crippen LogP contribution in [0.2, 0.25) is 0 Å². The van der Waals surface area contributed by atoms with E-state index >= 15 is 0 Å². The van der Waals surface area contributed by atoms with Crippen molar-refractivity contribution in [1.82, 2.24) is 0 Å². The summed E-state index contributed by atoms with van der Waals surface area (Å²) in [4.78, 5) is 21.5. The maximum atomic E-state index is 11.3. The van der Waals surface area contributed by atoms with Crippen molar-refractivity contribution in [2.75, 3.05) is 20.3 Å². The van der Waals surface area contributed by atoms with Crippen LogP contribution in [0.1, 0.15) is 9.67 Å². The number of esters is 1. The summed E-state index contributed by atoms with van der Waals surface area (Å²) >= 11 is 0.927. The Bertz CT molecular complexity index is 452. The van der Waals surface area contributed by atoms with Crippen LogP contribution in [0.4, 0.5) is 5.69 Å². The normalized spacial score (nSPS) is 17.6. The van der Waals surface area contributed by atoms with Crippen molar-refractivity contribution in [3.8, 4) is 5.75 Å². The van der Waals surface area contributed by atoms with Crippen LogP contribution < -0.4 is 4.74 Å². The molecule has 0 radical (unpaired) electrons. The molecule has 17 heavy (non-hydrogen) atoms. The third-order valence-electron chi connectivity index (χ3n) is 2.11. The first-order chi connectivity index (χ1) is 8.13. The summed E-state index contributed by atoms with van der Waals surface area (Å²) in [6.07, 6.45) is -0.00363. The molecule has 0 N–H and O–H groups in total. The number of carbonyl (C=O) groups is 1. The van der Waals surface area contributed by atoms with E-state index in [9.17, 15) is 14.9 Å². The minimum atomic E-state index is -0.737. The minimum Gasteiger partial charge on any atom is -0.483 e. The van der Waals surface area contributed by atoms with Gasteiger partial charge in [0, 0.05) is 5.38 Å². The number of rotatable bonds is 5. The molecular weight excluding hydrogens is 250 g/mol. The molecule has 92 valence electrons. The quantitative estimate of drug-likeness (QED) is 0.342. The third kappa shape index (κ3) is 2.53. The highest BCUT2D eigenvalue weighted by atomic mass is 32.1. The summed E-state index contributed by atoms with van der Waals surface area (Å²) in [5.41, 5.74) is -0.345. The standard InChI is InChI=1S/C9H9NO6S/c1-14-9(11)8-7(10(12)13)6(4-17-8)16-3-5-2-15-5/h4-5H,2-3H2,1H3/t5-/m1/s1. The average Bonchev–Trinajstić information content (AvgIpc) is 3.03. The fraction of sp³-hybridized carbons (Fsp3) is 0.444. The molecule has 0 amide bonds. The van der Waals surface area contributed by atoms with Gasteiger partial charge in [-0.25, -0.2) is 4.79 Å². The largest absolute Gasteiger partial charge is 0.483 e. The molecule has 2 rings (SSSR count). The number of hydrogen-bond donors (Lipinski definition) is 0. The summed E-state index contributed by atoms with van der Waals surface area (Å²) in [5, 5.41) is 12.3. The molecule has 7 nitrogen and oxygen atoms in total. The first-order valence-corrected chi connectivity index (χ1v) is 5.60. The molecule has 0 saturated carbocycles. The average molecular weight is 259 g/mol. The Balaban J connectivity index is 2.21. The van der Waals surface area contributed by atoms with E-state index in [4.69, 9.17) is 9.47 Å². The predicted molar refractivity (Wildman–Crippen MR) is 57.5 cm³/mol. The predicted octanol–water partition coefficient (Wildman–Crippen LogP) is 1.22. The number of carbonyl (C=O) groups excluding carboxylic acids is 1. The zero-order valence-corrected chi connectivity index (χ0v) is 9.69. The van der Waals surface area contributed by atoms with Crippen LogP contribution in [-0.4, -0.2) is 37.3 Å². The Labute approximate surface area is 100 Å². The smallest absolute Gasteiger partial charge is 0.355 e.